The van der Waals surface area contributed by atoms with Crippen LogP contribution < -0.4 is 5.32 Å². The van der Waals surface area contributed by atoms with Gasteiger partial charge < -0.3 is 5.32 Å². The van der Waals surface area contributed by atoms with E-state index >= 15 is 0 Å². The number of carbonyl (C=O) groups is 1. The number of aromatic nitrogens is 3. The number of pyridine rings is 1. The lowest BCUT2D eigenvalue weighted by molar-refractivity contribution is -0.119. The van der Waals surface area contributed by atoms with Crippen LogP contribution in [0.2, 0.25) is 5.02 Å². The molecule has 1 saturated carbocycles. The molecule has 0 aliphatic heterocycles. The van der Waals surface area contributed by atoms with Gasteiger partial charge in [0.1, 0.15) is 5.69 Å². The molecule has 1 aromatic carbocycles. The lowest BCUT2D eigenvalue weighted by atomic mass is 9.78. The third kappa shape index (κ3) is 4.51. The lowest BCUT2D eigenvalue weighted by Gasteiger charge is -2.28. The number of aromatic amines is 1. The number of hydrogen-bond acceptors (Lipinski definition) is 3. The van der Waals surface area contributed by atoms with E-state index in [1.165, 1.54) is 5.69 Å². The van der Waals surface area contributed by atoms with E-state index in [0.717, 1.165) is 54.6 Å². The van der Waals surface area contributed by atoms with Gasteiger partial charge in [-0.1, -0.05) is 23.7 Å². The molecule has 5 nitrogen and oxygen atoms in total. The van der Waals surface area contributed by atoms with E-state index in [1.54, 1.807) is 6.92 Å². The van der Waals surface area contributed by atoms with Crippen LogP contribution in [0, 0.1) is 5.92 Å². The van der Waals surface area contributed by atoms with E-state index in [-0.39, 0.29) is 5.91 Å². The van der Waals surface area contributed by atoms with Gasteiger partial charge in [0.2, 0.25) is 5.91 Å². The molecule has 2 aromatic heterocycles. The zero-order valence-corrected chi connectivity index (χ0v) is 17.2. The summed E-state index contributed by atoms with van der Waals surface area (Å²) >= 11 is 6.08. The summed E-state index contributed by atoms with van der Waals surface area (Å²) in [7, 11) is 0. The molecule has 0 bridgehead atoms. The fourth-order valence-corrected chi connectivity index (χ4v) is 4.35. The van der Waals surface area contributed by atoms with Gasteiger partial charge in [-0.15, -0.1) is 0 Å². The van der Waals surface area contributed by atoms with Crippen molar-refractivity contribution in [2.24, 2.45) is 5.92 Å². The molecule has 29 heavy (non-hydrogen) atoms. The molecule has 0 saturated heterocycles. The zero-order valence-electron chi connectivity index (χ0n) is 16.5. The topological polar surface area (TPSA) is 70.7 Å². The molecular weight excluding hydrogens is 384 g/mol. The molecule has 3 aromatic rings. The average Bonchev–Trinajstić information content (AvgIpc) is 3.19. The summed E-state index contributed by atoms with van der Waals surface area (Å²) in [6, 6.07) is 11.9. The van der Waals surface area contributed by atoms with Crippen molar-refractivity contribution in [1.82, 2.24) is 20.5 Å². The number of hydrogen-bond donors (Lipinski definition) is 2. The van der Waals surface area contributed by atoms with E-state index in [1.807, 2.05) is 48.8 Å². The Balaban J connectivity index is 1.63. The van der Waals surface area contributed by atoms with Crippen molar-refractivity contribution in [2.45, 2.75) is 38.5 Å². The van der Waals surface area contributed by atoms with Crippen molar-refractivity contribution in [3.63, 3.8) is 0 Å². The highest BCUT2D eigenvalue weighted by Crippen LogP contribution is 2.42. The predicted octanol–water partition coefficient (Wildman–Crippen LogP) is 5.20. The maximum absolute atomic E-state index is 11.2. The van der Waals surface area contributed by atoms with Gasteiger partial charge in [-0.05, 0) is 61.4 Å². The van der Waals surface area contributed by atoms with Crippen LogP contribution in [0.3, 0.4) is 0 Å². The molecule has 150 valence electrons. The minimum Gasteiger partial charge on any atom is -0.356 e. The maximum Gasteiger partial charge on any atom is 0.216 e. The Morgan fingerprint density at radius 1 is 1.07 bits per heavy atom. The van der Waals surface area contributed by atoms with Crippen molar-refractivity contribution < 1.29 is 4.79 Å². The second kappa shape index (κ2) is 8.78. The quantitative estimate of drug-likeness (QED) is 0.609. The molecule has 0 atom stereocenters. The fraction of sp³-hybridized carbons (Fsp3) is 0.348. The molecule has 1 aliphatic carbocycles. The molecular formula is C23H25ClN4O. The van der Waals surface area contributed by atoms with Gasteiger partial charge in [-0.3, -0.25) is 14.9 Å². The minimum absolute atomic E-state index is 0.0493. The third-order valence-electron chi connectivity index (χ3n) is 5.78. The fourth-order valence-electron chi connectivity index (χ4n) is 4.22. The summed E-state index contributed by atoms with van der Waals surface area (Å²) in [6.07, 6.45) is 8.03. The average molecular weight is 409 g/mol. The van der Waals surface area contributed by atoms with Gasteiger partial charge in [-0.25, -0.2) is 0 Å². The van der Waals surface area contributed by atoms with Gasteiger partial charge >= 0.3 is 0 Å². The summed E-state index contributed by atoms with van der Waals surface area (Å²) in [5, 5.41) is 11.7. The summed E-state index contributed by atoms with van der Waals surface area (Å²) in [6.45, 7) is 2.35. The second-order valence-electron chi connectivity index (χ2n) is 7.76. The molecule has 2 N–H and O–H groups in total. The minimum atomic E-state index is 0.0493. The summed E-state index contributed by atoms with van der Waals surface area (Å²) in [5.74, 6) is 1.03. The normalized spacial score (nSPS) is 19.1. The van der Waals surface area contributed by atoms with Gasteiger partial charge in [0.25, 0.3) is 0 Å². The predicted molar refractivity (Wildman–Crippen MR) is 116 cm³/mol. The first-order chi connectivity index (χ1) is 14.1. The standard InChI is InChI=1S/C23H25ClN4O/c1-15(29)26-14-16-2-4-18(5-3-16)22-21(17-10-12-25-13-11-17)23(28-27-22)19-6-8-20(24)9-7-19/h6-13,16,18H,2-5,14H2,1H3,(H,26,29)(H,27,28). The van der Waals surface area contributed by atoms with Crippen LogP contribution in [0.15, 0.2) is 48.8 Å². The number of carbonyl (C=O) groups excluding carboxylic acids is 1. The van der Waals surface area contributed by atoms with Crippen molar-refractivity contribution in [2.75, 3.05) is 6.54 Å². The lowest BCUT2D eigenvalue weighted by Crippen LogP contribution is -2.29. The molecule has 6 heteroatoms. The van der Waals surface area contributed by atoms with E-state index in [9.17, 15) is 4.79 Å². The van der Waals surface area contributed by atoms with Crippen molar-refractivity contribution in [3.05, 3.63) is 59.5 Å². The summed E-state index contributed by atoms with van der Waals surface area (Å²) < 4.78 is 0. The van der Waals surface area contributed by atoms with Crippen LogP contribution in [0.5, 0.6) is 0 Å². The van der Waals surface area contributed by atoms with Crippen molar-refractivity contribution >= 4 is 17.5 Å². The Hall–Kier alpha value is -2.66. The number of amides is 1. The van der Waals surface area contributed by atoms with Gasteiger partial charge in [0.15, 0.2) is 0 Å². The first-order valence-corrected chi connectivity index (χ1v) is 10.5. The second-order valence-corrected chi connectivity index (χ2v) is 8.19. The highest BCUT2D eigenvalue weighted by molar-refractivity contribution is 6.30. The largest absolute Gasteiger partial charge is 0.356 e. The smallest absolute Gasteiger partial charge is 0.216 e. The first-order valence-electron chi connectivity index (χ1n) is 10.1. The number of halogens is 1. The molecule has 4 rings (SSSR count). The molecule has 0 unspecified atom stereocenters. The number of benzene rings is 1. The SMILES string of the molecule is CC(=O)NCC1CCC(c2[nH]nc(-c3ccc(Cl)cc3)c2-c2ccncc2)CC1. The van der Waals surface area contributed by atoms with Crippen LogP contribution in [0.4, 0.5) is 0 Å². The highest BCUT2D eigenvalue weighted by atomic mass is 35.5. The van der Waals surface area contributed by atoms with E-state index in [4.69, 9.17) is 16.7 Å². The molecule has 2 heterocycles. The van der Waals surface area contributed by atoms with Crippen LogP contribution >= 0.6 is 11.6 Å². The van der Waals surface area contributed by atoms with Crippen LogP contribution in [0.25, 0.3) is 22.4 Å². The first kappa shape index (κ1) is 19.6. The van der Waals surface area contributed by atoms with E-state index in [2.05, 4.69) is 15.4 Å². The molecule has 1 amide bonds. The van der Waals surface area contributed by atoms with Crippen molar-refractivity contribution in [3.8, 4) is 22.4 Å². The maximum atomic E-state index is 11.2. The zero-order chi connectivity index (χ0) is 20.2. The Morgan fingerprint density at radius 3 is 2.41 bits per heavy atom. The van der Waals surface area contributed by atoms with Crippen molar-refractivity contribution in [1.29, 1.82) is 0 Å². The number of nitrogens with one attached hydrogen (secondary N) is 2. The number of H-pyrrole nitrogens is 1. The van der Waals surface area contributed by atoms with Crippen LogP contribution in [0.1, 0.15) is 44.2 Å². The Kier molecular flexibility index (Phi) is 5.95. The molecule has 1 aliphatic rings. The van der Waals surface area contributed by atoms with Crippen LogP contribution in [-0.4, -0.2) is 27.6 Å². The Bertz CT molecular complexity index is 960. The van der Waals surface area contributed by atoms with Gasteiger partial charge in [0, 0.05) is 53.6 Å². The molecule has 1 fully saturated rings. The van der Waals surface area contributed by atoms with E-state index in [0.29, 0.717) is 16.9 Å². The number of rotatable bonds is 5. The highest BCUT2D eigenvalue weighted by Gasteiger charge is 2.28. The number of nitrogens with zero attached hydrogens (tertiary/aromatic N) is 2. The van der Waals surface area contributed by atoms with Gasteiger partial charge in [-0.2, -0.15) is 5.10 Å². The van der Waals surface area contributed by atoms with Gasteiger partial charge in [0.05, 0.1) is 0 Å². The monoisotopic (exact) mass is 408 g/mol. The summed E-state index contributed by atoms with van der Waals surface area (Å²) in [4.78, 5) is 15.4. The third-order valence-corrected chi connectivity index (χ3v) is 6.03. The Morgan fingerprint density at radius 2 is 1.76 bits per heavy atom. The molecule has 0 spiro atoms. The van der Waals surface area contributed by atoms with Crippen LogP contribution in [-0.2, 0) is 4.79 Å². The Labute approximate surface area is 175 Å². The summed E-state index contributed by atoms with van der Waals surface area (Å²) in [5.41, 5.74) is 5.46. The van der Waals surface area contributed by atoms with E-state index < -0.39 is 0 Å². The molecule has 0 radical (unpaired) electrons.